The summed E-state index contributed by atoms with van der Waals surface area (Å²) in [5.41, 5.74) is 1.22. The van der Waals surface area contributed by atoms with Crippen molar-refractivity contribution in [1.29, 1.82) is 0 Å². The van der Waals surface area contributed by atoms with E-state index < -0.39 is 0 Å². The maximum absolute atomic E-state index is 12.6. The highest BCUT2D eigenvalue weighted by Crippen LogP contribution is 2.24. The van der Waals surface area contributed by atoms with Gasteiger partial charge in [0.15, 0.2) is 6.04 Å². The van der Waals surface area contributed by atoms with Crippen LogP contribution in [0.15, 0.2) is 24.3 Å². The fraction of sp³-hybridized carbons (Fsp3) is 0.438. The van der Waals surface area contributed by atoms with Gasteiger partial charge in [-0.25, -0.2) is 4.90 Å². The summed E-state index contributed by atoms with van der Waals surface area (Å²) in [5.74, 6) is -0.394. The van der Waals surface area contributed by atoms with Crippen molar-refractivity contribution in [3.8, 4) is 0 Å². The lowest BCUT2D eigenvalue weighted by atomic mass is 10.2. The highest BCUT2D eigenvalue weighted by molar-refractivity contribution is 6.21. The van der Waals surface area contributed by atoms with Crippen LogP contribution < -0.4 is 15.1 Å². The molecule has 1 aromatic rings. The first-order valence-electron chi connectivity index (χ1n) is 7.65. The van der Waals surface area contributed by atoms with E-state index in [1.54, 1.807) is 24.3 Å². The predicted molar refractivity (Wildman–Crippen MR) is 81.6 cm³/mol. The van der Waals surface area contributed by atoms with E-state index in [2.05, 4.69) is 5.32 Å². The maximum atomic E-state index is 12.6. The summed E-state index contributed by atoms with van der Waals surface area (Å²) < 4.78 is 0. The van der Waals surface area contributed by atoms with Crippen molar-refractivity contribution in [1.82, 2.24) is 0 Å². The minimum absolute atomic E-state index is 0.103. The average molecular weight is 302 g/mol. The molecule has 2 aliphatic rings. The molecule has 2 heterocycles. The van der Waals surface area contributed by atoms with E-state index >= 15 is 0 Å². The van der Waals surface area contributed by atoms with E-state index in [4.69, 9.17) is 0 Å². The van der Waals surface area contributed by atoms with Crippen LogP contribution >= 0.6 is 0 Å². The van der Waals surface area contributed by atoms with E-state index in [0.717, 1.165) is 25.9 Å². The van der Waals surface area contributed by atoms with Gasteiger partial charge in [-0.15, -0.1) is 0 Å². The fourth-order valence-electron chi connectivity index (χ4n) is 3.30. The number of hydrogen-bond acceptors (Lipinski definition) is 3. The second kappa shape index (κ2) is 5.88. The highest BCUT2D eigenvalue weighted by atomic mass is 16.2. The lowest BCUT2D eigenvalue weighted by molar-refractivity contribution is -0.902. The molecule has 3 amide bonds. The molecule has 0 spiro atoms. The normalized spacial score (nSPS) is 22.4. The molecule has 6 heteroatoms. The van der Waals surface area contributed by atoms with E-state index in [0.29, 0.717) is 17.8 Å². The zero-order chi connectivity index (χ0) is 15.7. The predicted octanol–water partition coefficient (Wildman–Crippen LogP) is -0.0444. The van der Waals surface area contributed by atoms with Crippen molar-refractivity contribution in [2.75, 3.05) is 23.3 Å². The fourth-order valence-corrected chi connectivity index (χ4v) is 3.30. The molecule has 2 N–H and O–H groups in total. The van der Waals surface area contributed by atoms with E-state index in [1.807, 2.05) is 0 Å². The molecule has 0 radical (unpaired) electrons. The van der Waals surface area contributed by atoms with Gasteiger partial charge in [0.25, 0.3) is 5.91 Å². The molecule has 3 rings (SSSR count). The van der Waals surface area contributed by atoms with Crippen LogP contribution in [-0.4, -0.2) is 36.9 Å². The second-order valence-electron chi connectivity index (χ2n) is 5.92. The molecule has 2 saturated heterocycles. The molecule has 2 aliphatic heterocycles. The van der Waals surface area contributed by atoms with E-state index in [9.17, 15) is 14.4 Å². The largest absolute Gasteiger partial charge is 0.326 e. The topological polar surface area (TPSA) is 70.9 Å². The Morgan fingerprint density at radius 1 is 1.18 bits per heavy atom. The van der Waals surface area contributed by atoms with Gasteiger partial charge in [0.1, 0.15) is 0 Å². The van der Waals surface area contributed by atoms with Crippen LogP contribution in [0.25, 0.3) is 0 Å². The first kappa shape index (κ1) is 14.7. The summed E-state index contributed by atoms with van der Waals surface area (Å²) in [4.78, 5) is 38.4. The average Bonchev–Trinajstić information content (AvgIpc) is 3.08. The number of quaternary nitrogens is 1. The highest BCUT2D eigenvalue weighted by Gasteiger charge is 2.46. The molecule has 0 aliphatic carbocycles. The Labute approximate surface area is 129 Å². The number of nitrogens with zero attached hydrogens (tertiary/aromatic N) is 1. The zero-order valence-electron chi connectivity index (χ0n) is 12.6. The van der Waals surface area contributed by atoms with Gasteiger partial charge in [-0.3, -0.25) is 14.4 Å². The molecular formula is C16H20N3O3+. The first-order valence-corrected chi connectivity index (χ1v) is 7.65. The van der Waals surface area contributed by atoms with Crippen LogP contribution in [0.1, 0.15) is 26.2 Å². The Morgan fingerprint density at radius 2 is 1.82 bits per heavy atom. The molecule has 0 bridgehead atoms. The van der Waals surface area contributed by atoms with Gasteiger partial charge in [0, 0.05) is 25.5 Å². The van der Waals surface area contributed by atoms with Crippen LogP contribution in [0.4, 0.5) is 11.4 Å². The number of hydrogen-bond donors (Lipinski definition) is 2. The van der Waals surface area contributed by atoms with Crippen molar-refractivity contribution < 1.29 is 19.3 Å². The maximum Gasteiger partial charge on any atom is 0.292 e. The van der Waals surface area contributed by atoms with Gasteiger partial charge in [0.2, 0.25) is 11.8 Å². The third kappa shape index (κ3) is 2.74. The summed E-state index contributed by atoms with van der Waals surface area (Å²) in [5, 5.41) is 2.67. The van der Waals surface area contributed by atoms with Crippen LogP contribution in [0.2, 0.25) is 0 Å². The summed E-state index contributed by atoms with van der Waals surface area (Å²) in [7, 11) is 0. The Hall–Kier alpha value is -2.21. The number of nitrogens with one attached hydrogen (secondary N) is 2. The molecular weight excluding hydrogens is 282 g/mol. The Kier molecular flexibility index (Phi) is 3.94. The number of anilines is 2. The van der Waals surface area contributed by atoms with Crippen molar-refractivity contribution in [3.63, 3.8) is 0 Å². The van der Waals surface area contributed by atoms with Gasteiger partial charge in [-0.1, -0.05) is 0 Å². The van der Waals surface area contributed by atoms with Gasteiger partial charge < -0.3 is 10.2 Å². The van der Waals surface area contributed by atoms with E-state index in [-0.39, 0.29) is 23.8 Å². The Morgan fingerprint density at radius 3 is 2.41 bits per heavy atom. The van der Waals surface area contributed by atoms with Crippen LogP contribution in [0.3, 0.4) is 0 Å². The number of amides is 3. The van der Waals surface area contributed by atoms with Crippen molar-refractivity contribution in [2.45, 2.75) is 32.2 Å². The monoisotopic (exact) mass is 302 g/mol. The third-order valence-electron chi connectivity index (χ3n) is 4.33. The van der Waals surface area contributed by atoms with Gasteiger partial charge >= 0.3 is 0 Å². The van der Waals surface area contributed by atoms with E-state index in [1.165, 1.54) is 16.7 Å². The van der Waals surface area contributed by atoms with Crippen LogP contribution in [0, 0.1) is 0 Å². The third-order valence-corrected chi connectivity index (χ3v) is 4.33. The number of carbonyl (C=O) groups is 3. The molecule has 116 valence electrons. The molecule has 1 atom stereocenters. The molecule has 6 nitrogen and oxygen atoms in total. The minimum Gasteiger partial charge on any atom is -0.326 e. The number of imide groups is 1. The summed E-state index contributed by atoms with van der Waals surface area (Å²) >= 11 is 0. The van der Waals surface area contributed by atoms with Gasteiger partial charge in [0.05, 0.1) is 25.2 Å². The lowest BCUT2D eigenvalue weighted by Crippen LogP contribution is -3.14. The number of rotatable bonds is 3. The molecule has 0 aromatic heterocycles. The Bertz CT molecular complexity index is 606. The van der Waals surface area contributed by atoms with Crippen LogP contribution in [0.5, 0.6) is 0 Å². The Balaban J connectivity index is 1.77. The van der Waals surface area contributed by atoms with Crippen LogP contribution in [-0.2, 0) is 14.4 Å². The second-order valence-corrected chi connectivity index (χ2v) is 5.92. The SMILES string of the molecule is CC(=O)Nc1ccc(N2C(=O)CC([NH+]3CCCC3)C2=O)cc1. The lowest BCUT2D eigenvalue weighted by Gasteiger charge is -2.19. The summed E-state index contributed by atoms with van der Waals surface area (Å²) in [6, 6.07) is 6.57. The smallest absolute Gasteiger partial charge is 0.292 e. The van der Waals surface area contributed by atoms with Gasteiger partial charge in [-0.2, -0.15) is 0 Å². The van der Waals surface area contributed by atoms with Crippen molar-refractivity contribution in [2.24, 2.45) is 0 Å². The molecule has 1 unspecified atom stereocenters. The minimum atomic E-state index is -0.231. The van der Waals surface area contributed by atoms with Crippen molar-refractivity contribution >= 4 is 29.1 Å². The standard InChI is InChI=1S/C16H19N3O3/c1-11(20)17-12-4-6-13(7-5-12)19-15(21)10-14(16(19)22)18-8-2-3-9-18/h4-7,14H,2-3,8-10H2,1H3,(H,17,20)/p+1. The molecule has 1 aromatic carbocycles. The quantitative estimate of drug-likeness (QED) is 0.770. The molecule has 2 fully saturated rings. The first-order chi connectivity index (χ1) is 10.6. The number of carbonyl (C=O) groups excluding carboxylic acids is 3. The molecule has 0 saturated carbocycles. The zero-order valence-corrected chi connectivity index (χ0v) is 12.6. The number of benzene rings is 1. The number of likely N-dealkylation sites (tertiary alicyclic amines) is 1. The van der Waals surface area contributed by atoms with Gasteiger partial charge in [-0.05, 0) is 24.3 Å². The van der Waals surface area contributed by atoms with Crippen molar-refractivity contribution in [3.05, 3.63) is 24.3 Å². The summed E-state index contributed by atoms with van der Waals surface area (Å²) in [6.45, 7) is 3.38. The molecule has 22 heavy (non-hydrogen) atoms. The summed E-state index contributed by atoms with van der Waals surface area (Å²) in [6.07, 6.45) is 2.54.